The largest absolute Gasteiger partial charge is 0.472 e. The van der Waals surface area contributed by atoms with Crippen molar-refractivity contribution in [3.05, 3.63) is 86.5 Å². The van der Waals surface area contributed by atoms with Gasteiger partial charge in [-0.05, 0) is 69.5 Å². The third-order valence-corrected chi connectivity index (χ3v) is 26.6. The van der Waals surface area contributed by atoms with Crippen molar-refractivity contribution in [2.45, 2.75) is 175 Å². The minimum atomic E-state index is -5.64. The number of nitrogens with two attached hydrogens (primary N) is 5. The van der Waals surface area contributed by atoms with Crippen molar-refractivity contribution in [3.8, 4) is 0 Å². The van der Waals surface area contributed by atoms with Crippen LogP contribution in [-0.2, 0) is 128 Å². The van der Waals surface area contributed by atoms with Crippen molar-refractivity contribution in [2.24, 2.45) is 0 Å². The highest BCUT2D eigenvalue weighted by atomic mass is 32.5. The Morgan fingerprint density at radius 2 is 1.04 bits per heavy atom. The van der Waals surface area contributed by atoms with Crippen LogP contribution in [0.25, 0.3) is 33.5 Å². The van der Waals surface area contributed by atoms with Crippen molar-refractivity contribution in [2.75, 3.05) is 95.7 Å². The summed E-state index contributed by atoms with van der Waals surface area (Å²) in [6.07, 6.45) is -15.9. The van der Waals surface area contributed by atoms with Crippen LogP contribution in [-0.4, -0.2) is 266 Å². The van der Waals surface area contributed by atoms with E-state index in [1.807, 2.05) is 6.92 Å². The van der Waals surface area contributed by atoms with Crippen LogP contribution in [0.15, 0.2) is 58.4 Å². The van der Waals surface area contributed by atoms with Gasteiger partial charge in [-0.25, -0.2) is 49.0 Å². The molecule has 117 heavy (non-hydrogen) atoms. The molecule has 0 saturated carbocycles. The molecule has 0 radical (unpaired) electrons. The zero-order valence-corrected chi connectivity index (χ0v) is 68.8. The number of anilines is 5. The quantitative estimate of drug-likeness (QED) is 0.0174. The first-order chi connectivity index (χ1) is 55.6. The molecule has 7 aliphatic heterocycles. The number of rotatable bonds is 34. The van der Waals surface area contributed by atoms with Gasteiger partial charge in [0.05, 0.1) is 96.3 Å². The number of aryl methyl sites for hydroxylation is 2. The molecular formula is C61H83N21O28P4S3. The van der Waals surface area contributed by atoms with Crippen LogP contribution in [0.5, 0.6) is 0 Å². The molecule has 4 bridgehead atoms. The number of aromatic amines is 1. The van der Waals surface area contributed by atoms with E-state index in [0.29, 0.717) is 28.7 Å². The third kappa shape index (κ3) is 16.5. The van der Waals surface area contributed by atoms with E-state index in [-0.39, 0.29) is 84.4 Å². The number of nitrogens with one attached hydrogen (secondary N) is 1. The van der Waals surface area contributed by atoms with Crippen molar-refractivity contribution < 1.29 is 118 Å². The average Bonchev–Trinajstić information content (AvgIpc) is 1.55. The van der Waals surface area contributed by atoms with Crippen molar-refractivity contribution in [3.63, 3.8) is 0 Å². The highest BCUT2D eigenvalue weighted by Gasteiger charge is 2.71. The number of aromatic nitrogens is 16. The maximum absolute atomic E-state index is 15.2. The Bertz CT molecular complexity index is 5450. The van der Waals surface area contributed by atoms with E-state index in [0.717, 1.165) is 15.5 Å². The van der Waals surface area contributed by atoms with Crippen molar-refractivity contribution >= 4 is 126 Å². The summed E-state index contributed by atoms with van der Waals surface area (Å²) in [6, 6.07) is 0. The van der Waals surface area contributed by atoms with Crippen LogP contribution in [0.2, 0.25) is 0 Å². The predicted molar refractivity (Wildman–Crippen MR) is 410 cm³/mol. The van der Waals surface area contributed by atoms with E-state index in [1.165, 1.54) is 74.9 Å². The molecule has 0 spiro atoms. The van der Waals surface area contributed by atoms with Crippen LogP contribution in [0.4, 0.5) is 29.2 Å². The number of H-pyrrole nitrogens is 1. The van der Waals surface area contributed by atoms with Crippen molar-refractivity contribution in [1.29, 1.82) is 0 Å². The Labute approximate surface area is 675 Å². The molecule has 49 nitrogen and oxygen atoms in total. The lowest BCUT2D eigenvalue weighted by Gasteiger charge is -2.38. The fourth-order valence-electron chi connectivity index (χ4n) is 15.1. The van der Waals surface area contributed by atoms with E-state index in [9.17, 15) is 39.1 Å². The van der Waals surface area contributed by atoms with Gasteiger partial charge in [-0.3, -0.25) is 50.7 Å². The van der Waals surface area contributed by atoms with Crippen LogP contribution in [0.3, 0.4) is 0 Å². The Morgan fingerprint density at radius 3 is 1.64 bits per heavy atom. The number of hydrogen-bond acceptors (Lipinski definition) is 42. The Kier molecular flexibility index (Phi) is 24.3. The summed E-state index contributed by atoms with van der Waals surface area (Å²) in [4.78, 5) is 134. The van der Waals surface area contributed by atoms with Gasteiger partial charge in [0.1, 0.15) is 114 Å². The minimum absolute atomic E-state index is 0.0314. The van der Waals surface area contributed by atoms with Gasteiger partial charge in [-0.1, -0.05) is 6.92 Å². The second-order valence-electron chi connectivity index (χ2n) is 28.2. The van der Waals surface area contributed by atoms with Gasteiger partial charge in [0.25, 0.3) is 5.56 Å². The number of ether oxygens (including phenoxy) is 11. The summed E-state index contributed by atoms with van der Waals surface area (Å²) in [5.74, 6) is -0.373. The van der Waals surface area contributed by atoms with E-state index < -0.39 is 199 Å². The van der Waals surface area contributed by atoms with Gasteiger partial charge in [0.2, 0.25) is 5.95 Å². The van der Waals surface area contributed by atoms with Gasteiger partial charge in [-0.2, -0.15) is 15.0 Å². The number of aliphatic hydroxyl groups is 1. The molecule has 0 aromatic carbocycles. The summed E-state index contributed by atoms with van der Waals surface area (Å²) < 4.78 is 140. The Morgan fingerprint density at radius 1 is 0.547 bits per heavy atom. The molecule has 0 aliphatic carbocycles. The van der Waals surface area contributed by atoms with Crippen LogP contribution in [0, 0.1) is 13.8 Å². The SMILES string of the molecule is CC[C@H]1O[C@@H](n2cnc3c(N)ncnc32)CC1OP(O)(=S)OC[C@]12O[C@@H](n3cc(C)c(N)nc3=O)[C@@H](O[C@H]1C)C2OP(=O)(O)OC[C@]12O[C@@H](n3cnc4c(N)ncnc43)[C@@H](O[C@H]1C)C2OP(O)(=S)OC[C@H]1O[C@@H](n2cnc3c(=O)[nH]c(N)nc32)[C@@H](OCCOC)C1OP(O)(=S)OC[C@H]1O[C@@H](n2cc(C)c(N)nc2=O)[C@@H](OCCOC)C1O. The van der Waals surface area contributed by atoms with Gasteiger partial charge in [0.15, 0.2) is 59.0 Å². The summed E-state index contributed by atoms with van der Waals surface area (Å²) in [7, 11) is -2.82. The smallest absolute Gasteiger partial charge is 0.387 e. The number of nitrogen functional groups attached to an aromatic ring is 5. The number of imidazole rings is 3. The zero-order valence-electron chi connectivity index (χ0n) is 62.8. The van der Waals surface area contributed by atoms with Gasteiger partial charge >= 0.3 is 39.4 Å². The number of hydrogen-bond donors (Lipinski definition) is 11. The van der Waals surface area contributed by atoms with Crippen LogP contribution < -0.4 is 45.6 Å². The standard InChI is InChI=1S/C61H83N21O28P4S3/c1-8-29-30(13-33(102-29)80-22-71-34-47(64)67-20-69-49(34)80)107-114(91,117)99-19-61-28(5)100-41(55(105-61)79-15-26(3)46(63)75-59(79)86)43(61)109-111(87,88)98-18-60-27(4)101-42(56(106-60)81-23-72-35-48(65)68-21-70-50(35)81)44(60)110-113(90,116)97-17-32-38(40(95-12-10-93-7)54(104-32)82-24-73-36-51(82)76-57(66)77-52(36)84)108-112(89,115)96-16-31-37(83)39(94-11-9-92-6)53(103-31)78-14-25(2)45(62)74-58(78)85/h14-15,20-24,27-33,37-44,53-56,83H,8-13,16-19H2,1-7H3,(H,87,88)(H,89,115)(H,90,116)(H,91,117)(H2,62,74,85)(H2,63,75,86)(H2,64,67,69)(H2,65,68,70)(H3,66,76,77,84)/t27-,28-,29+,30?,31+,32+,33+,37?,38?,39-,40-,41-,42-,43?,44?,53+,54+,55+,56+,60-,61-,112?,113?,114?/m0/s1. The number of aliphatic hydroxyl groups excluding tert-OH is 1. The van der Waals surface area contributed by atoms with Gasteiger partial charge in [-0.15, -0.1) is 0 Å². The zero-order chi connectivity index (χ0) is 83.3. The van der Waals surface area contributed by atoms with Gasteiger partial charge in [0, 0.05) is 44.2 Å². The molecule has 56 heteroatoms. The number of phosphoric acid groups is 1. The molecular weight excluding hydrogens is 1690 g/mol. The second-order valence-corrected chi connectivity index (χ2v) is 38.0. The molecule has 638 valence electrons. The van der Waals surface area contributed by atoms with Crippen molar-refractivity contribution in [1.82, 2.24) is 77.7 Å². The average molecular weight is 1780 g/mol. The number of nitrogens with zero attached hydrogens (tertiary/aromatic N) is 15. The van der Waals surface area contributed by atoms with E-state index >= 15 is 4.57 Å². The molecule has 7 aliphatic rings. The fourth-order valence-corrected chi connectivity index (χ4v) is 20.5. The fraction of sp³-hybridized carbons (Fsp3) is 0.623. The molecule has 0 amide bonds. The normalized spacial score (nSPS) is 32.9. The lowest BCUT2D eigenvalue weighted by Crippen LogP contribution is -2.51. The topological polar surface area (TPSA) is 644 Å². The number of fused-ring (bicyclic) bond motifs is 7. The first kappa shape index (κ1) is 85.4. The van der Waals surface area contributed by atoms with Crippen LogP contribution >= 0.6 is 28.0 Å². The first-order valence-electron chi connectivity index (χ1n) is 36.0. The monoisotopic (exact) mass is 1780 g/mol. The minimum Gasteiger partial charge on any atom is -0.387 e. The van der Waals surface area contributed by atoms with E-state index in [1.54, 1.807) is 18.4 Å². The molecule has 9 unspecified atom stereocenters. The molecule has 7 saturated heterocycles. The second kappa shape index (κ2) is 33.3. The summed E-state index contributed by atoms with van der Waals surface area (Å²) in [5.41, 5.74) is 25.0. The molecule has 16 N–H and O–H groups in total. The first-order valence-corrected chi connectivity index (χ1v) is 45.3. The number of methoxy groups -OCH3 is 2. The summed E-state index contributed by atoms with van der Waals surface area (Å²) in [6.45, 7) is -9.61. The highest BCUT2D eigenvalue weighted by molar-refractivity contribution is 8.07. The Balaban J connectivity index is 0.706. The molecule has 15 heterocycles. The maximum atomic E-state index is 15.2. The summed E-state index contributed by atoms with van der Waals surface area (Å²) in [5, 5.41) is 11.8. The highest BCUT2D eigenvalue weighted by Crippen LogP contribution is 2.63. The number of phosphoric ester groups is 1. The Hall–Kier alpha value is -6.57. The van der Waals surface area contributed by atoms with E-state index in [2.05, 4.69) is 54.8 Å². The third-order valence-electron chi connectivity index (χ3n) is 21.0. The predicted octanol–water partition coefficient (Wildman–Crippen LogP) is -0.775. The maximum Gasteiger partial charge on any atom is 0.472 e. The summed E-state index contributed by atoms with van der Waals surface area (Å²) >= 11 is 17.2. The molecule has 25 atom stereocenters. The van der Waals surface area contributed by atoms with Crippen LogP contribution in [0.1, 0.15) is 75.9 Å². The molecule has 8 aromatic rings. The lowest BCUT2D eigenvalue weighted by atomic mass is 9.94. The van der Waals surface area contributed by atoms with Gasteiger partial charge < -0.3 is 124 Å². The molecule has 8 aromatic heterocycles. The molecule has 15 rings (SSSR count). The molecule has 7 fully saturated rings. The lowest BCUT2D eigenvalue weighted by molar-refractivity contribution is -0.218. The van der Waals surface area contributed by atoms with E-state index in [4.69, 9.17) is 152 Å².